The summed E-state index contributed by atoms with van der Waals surface area (Å²) < 4.78 is 15.6. The van der Waals surface area contributed by atoms with Crippen molar-refractivity contribution in [2.75, 3.05) is 0 Å². The Bertz CT molecular complexity index is 1190. The number of nitrogens with one attached hydrogen (secondary N) is 1. The minimum Gasteiger partial charge on any atom is -0.360 e. The molecule has 5 heteroatoms. The van der Waals surface area contributed by atoms with Crippen molar-refractivity contribution in [1.82, 2.24) is 19.6 Å². The van der Waals surface area contributed by atoms with Crippen LogP contribution in [0.2, 0.25) is 0 Å². The van der Waals surface area contributed by atoms with E-state index in [1.807, 2.05) is 47.0 Å². The van der Waals surface area contributed by atoms with Gasteiger partial charge in [-0.25, -0.2) is 4.39 Å². The summed E-state index contributed by atoms with van der Waals surface area (Å²) >= 11 is 0. The highest BCUT2D eigenvalue weighted by Gasteiger charge is 2.15. The number of fused-ring (bicyclic) bond motifs is 4. The number of aromatic nitrogens is 4. The van der Waals surface area contributed by atoms with Gasteiger partial charge in [0, 0.05) is 22.7 Å². The van der Waals surface area contributed by atoms with Crippen LogP contribution in [0.3, 0.4) is 0 Å². The highest BCUT2D eigenvalue weighted by molar-refractivity contribution is 5.95. The van der Waals surface area contributed by atoms with E-state index in [-0.39, 0.29) is 5.82 Å². The molecule has 2 aromatic carbocycles. The van der Waals surface area contributed by atoms with Gasteiger partial charge in [-0.05, 0) is 41.8 Å². The van der Waals surface area contributed by atoms with Gasteiger partial charge >= 0.3 is 0 Å². The number of benzene rings is 2. The molecule has 4 nitrogen and oxygen atoms in total. The first-order chi connectivity index (χ1) is 11.3. The maximum Gasteiger partial charge on any atom is 0.171 e. The summed E-state index contributed by atoms with van der Waals surface area (Å²) in [6, 6.07) is 16.7. The van der Waals surface area contributed by atoms with Crippen molar-refractivity contribution in [3.8, 4) is 11.4 Å². The van der Waals surface area contributed by atoms with E-state index >= 15 is 0 Å². The maximum atomic E-state index is 13.6. The average molecular weight is 302 g/mol. The van der Waals surface area contributed by atoms with E-state index in [2.05, 4.69) is 15.2 Å². The molecule has 0 radical (unpaired) electrons. The minimum atomic E-state index is -0.267. The number of pyridine rings is 1. The predicted octanol–water partition coefficient (Wildman–Crippen LogP) is 4.17. The van der Waals surface area contributed by atoms with Crippen LogP contribution < -0.4 is 0 Å². The standard InChI is InChI=1S/C18H11FN4/c19-12-6-7-15-13(9-12)14(10-20-15)18-22-21-17-8-5-11-3-1-2-4-16(11)23(17)18/h1-10,20H. The molecule has 0 saturated heterocycles. The average Bonchev–Trinajstić information content (AvgIpc) is 3.18. The van der Waals surface area contributed by atoms with E-state index in [0.717, 1.165) is 33.0 Å². The van der Waals surface area contributed by atoms with E-state index in [1.54, 1.807) is 6.07 Å². The van der Waals surface area contributed by atoms with E-state index in [1.165, 1.54) is 12.1 Å². The van der Waals surface area contributed by atoms with Crippen molar-refractivity contribution in [2.24, 2.45) is 0 Å². The summed E-state index contributed by atoms with van der Waals surface area (Å²) in [7, 11) is 0. The molecule has 0 fully saturated rings. The number of hydrogen-bond donors (Lipinski definition) is 1. The third-order valence-corrected chi connectivity index (χ3v) is 4.16. The van der Waals surface area contributed by atoms with Crippen LogP contribution in [0.4, 0.5) is 4.39 Å². The van der Waals surface area contributed by atoms with Gasteiger partial charge in [0.1, 0.15) is 5.82 Å². The van der Waals surface area contributed by atoms with Gasteiger partial charge in [-0.3, -0.25) is 4.40 Å². The van der Waals surface area contributed by atoms with Crippen molar-refractivity contribution in [3.63, 3.8) is 0 Å². The van der Waals surface area contributed by atoms with Crippen molar-refractivity contribution < 1.29 is 4.39 Å². The van der Waals surface area contributed by atoms with Gasteiger partial charge in [0.05, 0.1) is 5.52 Å². The van der Waals surface area contributed by atoms with Gasteiger partial charge in [-0.1, -0.05) is 18.2 Å². The van der Waals surface area contributed by atoms with Crippen LogP contribution in [-0.4, -0.2) is 19.6 Å². The van der Waals surface area contributed by atoms with Crippen molar-refractivity contribution in [2.45, 2.75) is 0 Å². The molecule has 0 atom stereocenters. The van der Waals surface area contributed by atoms with Crippen molar-refractivity contribution in [3.05, 3.63) is 66.6 Å². The van der Waals surface area contributed by atoms with E-state index in [9.17, 15) is 4.39 Å². The lowest BCUT2D eigenvalue weighted by molar-refractivity contribution is 0.630. The molecule has 0 saturated carbocycles. The summed E-state index contributed by atoms with van der Waals surface area (Å²) in [5.74, 6) is 0.436. The second-order valence-electron chi connectivity index (χ2n) is 5.50. The van der Waals surface area contributed by atoms with Crippen molar-refractivity contribution >= 4 is 27.5 Å². The molecule has 23 heavy (non-hydrogen) atoms. The number of rotatable bonds is 1. The molecule has 5 aromatic rings. The zero-order valence-corrected chi connectivity index (χ0v) is 12.0. The van der Waals surface area contributed by atoms with Crippen LogP contribution >= 0.6 is 0 Å². The fourth-order valence-electron chi connectivity index (χ4n) is 3.09. The highest BCUT2D eigenvalue weighted by atomic mass is 19.1. The van der Waals surface area contributed by atoms with Crippen LogP contribution in [0.15, 0.2) is 60.8 Å². The van der Waals surface area contributed by atoms with Crippen LogP contribution in [0, 0.1) is 5.82 Å². The van der Waals surface area contributed by atoms with Gasteiger partial charge < -0.3 is 4.98 Å². The van der Waals surface area contributed by atoms with Gasteiger partial charge in [-0.15, -0.1) is 10.2 Å². The molecule has 0 unspecified atom stereocenters. The van der Waals surface area contributed by atoms with Crippen LogP contribution in [0.5, 0.6) is 0 Å². The Morgan fingerprint density at radius 3 is 2.83 bits per heavy atom. The molecular weight excluding hydrogens is 291 g/mol. The van der Waals surface area contributed by atoms with E-state index < -0.39 is 0 Å². The molecule has 5 rings (SSSR count). The third kappa shape index (κ3) is 1.70. The summed E-state index contributed by atoms with van der Waals surface area (Å²) in [5, 5.41) is 10.5. The summed E-state index contributed by atoms with van der Waals surface area (Å²) in [6.07, 6.45) is 1.85. The Morgan fingerprint density at radius 1 is 0.957 bits per heavy atom. The summed E-state index contributed by atoms with van der Waals surface area (Å²) in [4.78, 5) is 3.17. The zero-order chi connectivity index (χ0) is 15.4. The van der Waals surface area contributed by atoms with Gasteiger partial charge in [0.15, 0.2) is 11.5 Å². The smallest absolute Gasteiger partial charge is 0.171 e. The molecule has 3 heterocycles. The minimum absolute atomic E-state index is 0.267. The Labute approximate surface area is 130 Å². The molecule has 0 amide bonds. The largest absolute Gasteiger partial charge is 0.360 e. The lowest BCUT2D eigenvalue weighted by Crippen LogP contribution is -1.91. The molecule has 1 N–H and O–H groups in total. The lowest BCUT2D eigenvalue weighted by atomic mass is 10.1. The summed E-state index contributed by atoms with van der Waals surface area (Å²) in [6.45, 7) is 0. The summed E-state index contributed by atoms with van der Waals surface area (Å²) in [5.41, 5.74) is 3.50. The Morgan fingerprint density at radius 2 is 1.87 bits per heavy atom. The molecule has 0 aliphatic rings. The number of hydrogen-bond acceptors (Lipinski definition) is 2. The monoisotopic (exact) mass is 302 g/mol. The number of aromatic amines is 1. The van der Waals surface area contributed by atoms with E-state index in [4.69, 9.17) is 0 Å². The topological polar surface area (TPSA) is 46.0 Å². The molecule has 3 aromatic heterocycles. The second kappa shape index (κ2) is 4.39. The maximum absolute atomic E-state index is 13.6. The van der Waals surface area contributed by atoms with Crippen LogP contribution in [0.25, 0.3) is 38.8 Å². The number of H-pyrrole nitrogens is 1. The fourth-order valence-corrected chi connectivity index (χ4v) is 3.09. The quantitative estimate of drug-likeness (QED) is 0.505. The van der Waals surface area contributed by atoms with E-state index in [0.29, 0.717) is 5.82 Å². The highest BCUT2D eigenvalue weighted by Crippen LogP contribution is 2.30. The van der Waals surface area contributed by atoms with Gasteiger partial charge in [0.2, 0.25) is 0 Å². The molecule has 0 aliphatic heterocycles. The zero-order valence-electron chi connectivity index (χ0n) is 12.0. The Hall–Kier alpha value is -3.21. The predicted molar refractivity (Wildman–Crippen MR) is 87.7 cm³/mol. The molecule has 110 valence electrons. The van der Waals surface area contributed by atoms with Gasteiger partial charge in [-0.2, -0.15) is 0 Å². The lowest BCUT2D eigenvalue weighted by Gasteiger charge is -2.04. The molecule has 0 bridgehead atoms. The molecular formula is C18H11FN4. The number of nitrogens with zero attached hydrogens (tertiary/aromatic N) is 3. The number of para-hydroxylation sites is 1. The first-order valence-corrected chi connectivity index (χ1v) is 7.31. The van der Waals surface area contributed by atoms with Crippen LogP contribution in [0.1, 0.15) is 0 Å². The second-order valence-corrected chi connectivity index (χ2v) is 5.50. The van der Waals surface area contributed by atoms with Crippen molar-refractivity contribution in [1.29, 1.82) is 0 Å². The SMILES string of the molecule is Fc1ccc2[nH]cc(-c3nnc4ccc5ccccc5n34)c2c1. The Kier molecular flexibility index (Phi) is 2.36. The normalized spacial score (nSPS) is 11.7. The first-order valence-electron chi connectivity index (χ1n) is 7.31. The van der Waals surface area contributed by atoms with Gasteiger partial charge in [0.25, 0.3) is 0 Å². The number of halogens is 1. The van der Waals surface area contributed by atoms with Crippen LogP contribution in [-0.2, 0) is 0 Å². The molecule has 0 aliphatic carbocycles. The third-order valence-electron chi connectivity index (χ3n) is 4.16. The Balaban J connectivity index is 1.92. The molecule has 0 spiro atoms. The fraction of sp³-hybridized carbons (Fsp3) is 0. The first kappa shape index (κ1) is 12.3.